The van der Waals surface area contributed by atoms with Gasteiger partial charge in [0.15, 0.2) is 0 Å². The van der Waals surface area contributed by atoms with Gasteiger partial charge in [0.2, 0.25) is 4.77 Å². The zero-order valence-electron chi connectivity index (χ0n) is 14.1. The van der Waals surface area contributed by atoms with Crippen molar-refractivity contribution in [1.82, 2.24) is 24.1 Å². The number of nitrogens with zero attached hydrogens (tertiary/aromatic N) is 5. The molecule has 0 atom stereocenters. The van der Waals surface area contributed by atoms with E-state index in [9.17, 15) is 0 Å². The molecule has 3 aromatic rings. The van der Waals surface area contributed by atoms with Crippen molar-refractivity contribution in [3.05, 3.63) is 52.6 Å². The fraction of sp³-hybridized carbons (Fsp3) is 0.353. The van der Waals surface area contributed by atoms with Gasteiger partial charge >= 0.3 is 0 Å². The third-order valence-electron chi connectivity index (χ3n) is 3.74. The summed E-state index contributed by atoms with van der Waals surface area (Å²) in [6.07, 6.45) is 0. The van der Waals surface area contributed by atoms with E-state index in [0.717, 1.165) is 23.7 Å². The molecule has 0 spiro atoms. The number of benzene rings is 1. The molecule has 0 saturated heterocycles. The first-order chi connectivity index (χ1) is 11.5. The van der Waals surface area contributed by atoms with Crippen molar-refractivity contribution in [1.29, 1.82) is 0 Å². The number of hydrogen-bond acceptors (Lipinski definition) is 5. The molecule has 0 N–H and O–H groups in total. The van der Waals surface area contributed by atoms with Crippen LogP contribution in [0.4, 0.5) is 0 Å². The SMILES string of the molecule is Cc1cc(C)n2c(n1)nc(=S)n2CN(C)CCOc1ccccc1. The summed E-state index contributed by atoms with van der Waals surface area (Å²) in [5.41, 5.74) is 2.01. The van der Waals surface area contributed by atoms with E-state index >= 15 is 0 Å². The molecule has 6 nitrogen and oxygen atoms in total. The average Bonchev–Trinajstić information content (AvgIpc) is 2.84. The van der Waals surface area contributed by atoms with Gasteiger partial charge in [0.1, 0.15) is 12.4 Å². The van der Waals surface area contributed by atoms with E-state index in [4.69, 9.17) is 17.0 Å². The lowest BCUT2D eigenvalue weighted by atomic mass is 10.3. The third-order valence-corrected chi connectivity index (χ3v) is 4.04. The maximum atomic E-state index is 5.74. The Labute approximate surface area is 146 Å². The van der Waals surface area contributed by atoms with E-state index in [1.165, 1.54) is 0 Å². The lowest BCUT2D eigenvalue weighted by Crippen LogP contribution is -2.29. The van der Waals surface area contributed by atoms with Gasteiger partial charge in [0.25, 0.3) is 5.78 Å². The highest BCUT2D eigenvalue weighted by Crippen LogP contribution is 2.09. The first-order valence-corrected chi connectivity index (χ1v) is 8.25. The molecule has 0 radical (unpaired) electrons. The number of hydrogen-bond donors (Lipinski definition) is 0. The summed E-state index contributed by atoms with van der Waals surface area (Å²) in [6, 6.07) is 11.8. The van der Waals surface area contributed by atoms with Gasteiger partial charge in [-0.3, -0.25) is 4.90 Å². The van der Waals surface area contributed by atoms with E-state index in [0.29, 0.717) is 23.8 Å². The van der Waals surface area contributed by atoms with Crippen LogP contribution in [-0.2, 0) is 6.67 Å². The van der Waals surface area contributed by atoms with Crippen LogP contribution in [0.25, 0.3) is 5.78 Å². The van der Waals surface area contributed by atoms with E-state index in [1.54, 1.807) is 0 Å². The Bertz CT molecular complexity index is 887. The molecule has 2 heterocycles. The van der Waals surface area contributed by atoms with Crippen molar-refractivity contribution < 1.29 is 4.74 Å². The highest BCUT2D eigenvalue weighted by Gasteiger charge is 2.10. The monoisotopic (exact) mass is 343 g/mol. The summed E-state index contributed by atoms with van der Waals surface area (Å²) in [5.74, 6) is 1.53. The predicted molar refractivity (Wildman–Crippen MR) is 95.9 cm³/mol. The number of rotatable bonds is 6. The lowest BCUT2D eigenvalue weighted by molar-refractivity contribution is 0.194. The Morgan fingerprint density at radius 2 is 1.92 bits per heavy atom. The quantitative estimate of drug-likeness (QED) is 0.644. The van der Waals surface area contributed by atoms with Crippen molar-refractivity contribution in [3.63, 3.8) is 0 Å². The van der Waals surface area contributed by atoms with E-state index in [-0.39, 0.29) is 0 Å². The van der Waals surface area contributed by atoms with Gasteiger partial charge in [0.05, 0.1) is 6.67 Å². The molecular formula is C17H21N5OS. The number of fused-ring (bicyclic) bond motifs is 1. The van der Waals surface area contributed by atoms with E-state index < -0.39 is 0 Å². The average molecular weight is 343 g/mol. The van der Waals surface area contributed by atoms with Gasteiger partial charge in [-0.05, 0) is 51.3 Å². The molecular weight excluding hydrogens is 322 g/mol. The van der Waals surface area contributed by atoms with Crippen molar-refractivity contribution in [2.24, 2.45) is 0 Å². The maximum Gasteiger partial charge on any atom is 0.252 e. The fourth-order valence-corrected chi connectivity index (χ4v) is 2.84. The Hall–Kier alpha value is -2.25. The molecule has 24 heavy (non-hydrogen) atoms. The summed E-state index contributed by atoms with van der Waals surface area (Å²) in [5, 5.41) is 0. The summed E-state index contributed by atoms with van der Waals surface area (Å²) in [4.78, 5) is 11.0. The molecule has 0 aliphatic carbocycles. The predicted octanol–water partition coefficient (Wildman–Crippen LogP) is 2.85. The van der Waals surface area contributed by atoms with Crippen LogP contribution in [-0.4, -0.2) is 44.3 Å². The number of aromatic nitrogens is 4. The van der Waals surface area contributed by atoms with Crippen LogP contribution in [0, 0.1) is 18.6 Å². The van der Waals surface area contributed by atoms with Crippen LogP contribution in [0.3, 0.4) is 0 Å². The largest absolute Gasteiger partial charge is 0.492 e. The zero-order chi connectivity index (χ0) is 17.1. The highest BCUT2D eigenvalue weighted by molar-refractivity contribution is 7.71. The first kappa shape index (κ1) is 16.6. The standard InChI is InChI=1S/C17H21N5OS/c1-13-11-14(2)22-16(18-13)19-17(24)21(22)12-20(3)9-10-23-15-7-5-4-6-8-15/h4-8,11H,9-10,12H2,1-3H3. The second-order valence-corrected chi connectivity index (χ2v) is 6.19. The summed E-state index contributed by atoms with van der Waals surface area (Å²) >= 11 is 5.40. The fourth-order valence-electron chi connectivity index (χ4n) is 2.62. The molecule has 1 aromatic carbocycles. The molecule has 0 aliphatic rings. The second kappa shape index (κ2) is 7.11. The Morgan fingerprint density at radius 1 is 1.17 bits per heavy atom. The lowest BCUT2D eigenvalue weighted by Gasteiger charge is -2.19. The number of aryl methyl sites for hydroxylation is 2. The van der Waals surface area contributed by atoms with Gasteiger partial charge in [0, 0.05) is 17.9 Å². The van der Waals surface area contributed by atoms with Crippen molar-refractivity contribution in [2.75, 3.05) is 20.2 Å². The molecule has 0 fully saturated rings. The minimum absolute atomic E-state index is 0.534. The smallest absolute Gasteiger partial charge is 0.252 e. The minimum Gasteiger partial charge on any atom is -0.492 e. The van der Waals surface area contributed by atoms with Gasteiger partial charge in [-0.25, -0.2) is 14.2 Å². The van der Waals surface area contributed by atoms with Gasteiger partial charge in [-0.1, -0.05) is 18.2 Å². The topological polar surface area (TPSA) is 47.6 Å². The molecule has 126 valence electrons. The van der Waals surface area contributed by atoms with Gasteiger partial charge in [-0.2, -0.15) is 4.98 Å². The van der Waals surface area contributed by atoms with Crippen molar-refractivity contribution in [3.8, 4) is 5.75 Å². The molecule has 0 amide bonds. The Kier molecular flexibility index (Phi) is 4.92. The van der Waals surface area contributed by atoms with Crippen LogP contribution in [0.1, 0.15) is 11.4 Å². The van der Waals surface area contributed by atoms with E-state index in [2.05, 4.69) is 14.9 Å². The van der Waals surface area contributed by atoms with Crippen LogP contribution >= 0.6 is 12.2 Å². The molecule has 0 unspecified atom stereocenters. The zero-order valence-corrected chi connectivity index (χ0v) is 15.0. The van der Waals surface area contributed by atoms with E-state index in [1.807, 2.05) is 66.5 Å². The van der Waals surface area contributed by atoms with Crippen LogP contribution in [0.15, 0.2) is 36.4 Å². The molecule has 7 heteroatoms. The van der Waals surface area contributed by atoms with Crippen LogP contribution < -0.4 is 4.74 Å². The van der Waals surface area contributed by atoms with Crippen LogP contribution in [0.5, 0.6) is 5.75 Å². The minimum atomic E-state index is 0.534. The third kappa shape index (κ3) is 3.63. The molecule has 3 rings (SSSR count). The summed E-state index contributed by atoms with van der Waals surface area (Å²) in [6.45, 7) is 6.02. The maximum absolute atomic E-state index is 5.74. The second-order valence-electron chi connectivity index (χ2n) is 5.83. The molecule has 0 aliphatic heterocycles. The Balaban J connectivity index is 1.68. The summed E-state index contributed by atoms with van der Waals surface area (Å²) in [7, 11) is 2.03. The summed E-state index contributed by atoms with van der Waals surface area (Å²) < 4.78 is 10.2. The number of likely N-dealkylation sites (N-methyl/N-ethyl adjacent to an activating group) is 1. The molecule has 2 aromatic heterocycles. The van der Waals surface area contributed by atoms with Crippen molar-refractivity contribution >= 4 is 18.0 Å². The number of para-hydroxylation sites is 1. The highest BCUT2D eigenvalue weighted by atomic mass is 32.1. The molecule has 0 saturated carbocycles. The Morgan fingerprint density at radius 3 is 2.67 bits per heavy atom. The van der Waals surface area contributed by atoms with Gasteiger partial charge in [-0.15, -0.1) is 0 Å². The number of ether oxygens (including phenoxy) is 1. The van der Waals surface area contributed by atoms with Crippen molar-refractivity contribution in [2.45, 2.75) is 20.5 Å². The van der Waals surface area contributed by atoms with Crippen LogP contribution in [0.2, 0.25) is 0 Å². The van der Waals surface area contributed by atoms with Gasteiger partial charge < -0.3 is 4.74 Å². The molecule has 0 bridgehead atoms. The first-order valence-electron chi connectivity index (χ1n) is 7.85. The normalized spacial score (nSPS) is 11.3.